The predicted octanol–water partition coefficient (Wildman–Crippen LogP) is 3.69. The molecule has 1 aromatic heterocycles. The van der Waals surface area contributed by atoms with Gasteiger partial charge in [-0.2, -0.15) is 5.10 Å². The summed E-state index contributed by atoms with van der Waals surface area (Å²) in [7, 11) is 2.05. The van der Waals surface area contributed by atoms with Crippen molar-refractivity contribution in [1.82, 2.24) is 15.1 Å². The molecule has 0 saturated heterocycles. The number of hydrogen-bond donors (Lipinski definition) is 1. The molecule has 1 aromatic rings. The second-order valence-corrected chi connectivity index (χ2v) is 7.61. The predicted molar refractivity (Wildman–Crippen MR) is 84.8 cm³/mol. The Kier molecular flexibility index (Phi) is 4.90. The summed E-state index contributed by atoms with van der Waals surface area (Å²) in [5.74, 6) is 0. The van der Waals surface area contributed by atoms with Gasteiger partial charge in [0.2, 0.25) is 0 Å². The quantitative estimate of drug-likeness (QED) is 0.889. The van der Waals surface area contributed by atoms with Gasteiger partial charge in [-0.3, -0.25) is 4.68 Å². The minimum atomic E-state index is 0.219. The first kappa shape index (κ1) is 15.6. The second-order valence-electron chi connectivity index (χ2n) is 7.61. The van der Waals surface area contributed by atoms with Crippen LogP contribution in [0.3, 0.4) is 0 Å². The monoisotopic (exact) mass is 277 g/mol. The van der Waals surface area contributed by atoms with Crippen molar-refractivity contribution in [2.75, 3.05) is 6.54 Å². The highest BCUT2D eigenvalue weighted by atomic mass is 15.2. The van der Waals surface area contributed by atoms with Gasteiger partial charge in [0.1, 0.15) is 0 Å². The standard InChI is InChI=1S/C17H31N3/c1-16(2,3)18-14-17(10-6-5-7-11-17)12-8-15-9-13-19-20(15)4/h9,13,18H,5-8,10-12,14H2,1-4H3. The van der Waals surface area contributed by atoms with Crippen LogP contribution in [0, 0.1) is 5.41 Å². The van der Waals surface area contributed by atoms with Gasteiger partial charge in [0.15, 0.2) is 0 Å². The summed E-state index contributed by atoms with van der Waals surface area (Å²) in [6.45, 7) is 7.97. The van der Waals surface area contributed by atoms with E-state index in [9.17, 15) is 0 Å². The number of hydrogen-bond acceptors (Lipinski definition) is 2. The van der Waals surface area contributed by atoms with E-state index in [1.807, 2.05) is 10.9 Å². The fraction of sp³-hybridized carbons (Fsp3) is 0.824. The Hall–Kier alpha value is -0.830. The Morgan fingerprint density at radius 1 is 1.25 bits per heavy atom. The molecular formula is C17H31N3. The van der Waals surface area contributed by atoms with Crippen LogP contribution in [0.1, 0.15) is 65.0 Å². The van der Waals surface area contributed by atoms with Gasteiger partial charge in [0, 0.05) is 31.0 Å². The van der Waals surface area contributed by atoms with E-state index in [0.29, 0.717) is 5.41 Å². The van der Waals surface area contributed by atoms with E-state index in [1.165, 1.54) is 44.2 Å². The first-order chi connectivity index (χ1) is 9.40. The zero-order valence-electron chi connectivity index (χ0n) is 13.7. The van der Waals surface area contributed by atoms with Gasteiger partial charge in [0.25, 0.3) is 0 Å². The normalized spacial score (nSPS) is 19.2. The number of nitrogens with zero attached hydrogens (tertiary/aromatic N) is 2. The van der Waals surface area contributed by atoms with E-state index in [4.69, 9.17) is 0 Å². The van der Waals surface area contributed by atoms with Crippen LogP contribution in [0.25, 0.3) is 0 Å². The third-order valence-corrected chi connectivity index (χ3v) is 4.74. The molecule has 0 radical (unpaired) electrons. The van der Waals surface area contributed by atoms with Crippen LogP contribution in [0.4, 0.5) is 0 Å². The lowest BCUT2D eigenvalue weighted by molar-refractivity contribution is 0.152. The zero-order valence-corrected chi connectivity index (χ0v) is 13.7. The van der Waals surface area contributed by atoms with Gasteiger partial charge in [-0.25, -0.2) is 0 Å². The van der Waals surface area contributed by atoms with Crippen molar-refractivity contribution in [3.05, 3.63) is 18.0 Å². The maximum atomic E-state index is 4.29. The molecule has 0 unspecified atom stereocenters. The summed E-state index contributed by atoms with van der Waals surface area (Å²) in [5.41, 5.74) is 2.08. The van der Waals surface area contributed by atoms with Crippen molar-refractivity contribution >= 4 is 0 Å². The lowest BCUT2D eigenvalue weighted by atomic mass is 9.70. The first-order valence-electron chi connectivity index (χ1n) is 8.12. The van der Waals surface area contributed by atoms with Gasteiger partial charge in [-0.05, 0) is 57.9 Å². The van der Waals surface area contributed by atoms with Crippen molar-refractivity contribution in [3.8, 4) is 0 Å². The van der Waals surface area contributed by atoms with Gasteiger partial charge >= 0.3 is 0 Å². The molecule has 0 aromatic carbocycles. The van der Waals surface area contributed by atoms with Crippen LogP contribution in [0.2, 0.25) is 0 Å². The highest BCUT2D eigenvalue weighted by Crippen LogP contribution is 2.40. The highest BCUT2D eigenvalue weighted by Gasteiger charge is 2.32. The van der Waals surface area contributed by atoms with Gasteiger partial charge < -0.3 is 5.32 Å². The van der Waals surface area contributed by atoms with Gasteiger partial charge in [-0.1, -0.05) is 19.3 Å². The van der Waals surface area contributed by atoms with E-state index in [2.05, 4.69) is 44.3 Å². The van der Waals surface area contributed by atoms with Crippen LogP contribution >= 0.6 is 0 Å². The molecule has 1 N–H and O–H groups in total. The average Bonchev–Trinajstić information content (AvgIpc) is 2.80. The summed E-state index contributed by atoms with van der Waals surface area (Å²) < 4.78 is 2.02. The number of nitrogens with one attached hydrogen (secondary N) is 1. The smallest absolute Gasteiger partial charge is 0.0492 e. The molecule has 0 spiro atoms. The summed E-state index contributed by atoms with van der Waals surface area (Å²) >= 11 is 0. The molecule has 1 heterocycles. The molecule has 1 saturated carbocycles. The van der Waals surface area contributed by atoms with Crippen molar-refractivity contribution < 1.29 is 0 Å². The third kappa shape index (κ3) is 4.34. The number of aryl methyl sites for hydroxylation is 2. The molecule has 1 fully saturated rings. The lowest BCUT2D eigenvalue weighted by Gasteiger charge is -2.40. The summed E-state index contributed by atoms with van der Waals surface area (Å²) in [5, 5.41) is 8.04. The molecule has 1 aliphatic rings. The second kappa shape index (κ2) is 6.30. The van der Waals surface area contributed by atoms with Gasteiger partial charge in [0.05, 0.1) is 0 Å². The SMILES string of the molecule is Cn1nccc1CCC1(CNC(C)(C)C)CCCCC1. The number of rotatable bonds is 5. The Morgan fingerprint density at radius 2 is 1.95 bits per heavy atom. The maximum Gasteiger partial charge on any atom is 0.0492 e. The minimum Gasteiger partial charge on any atom is -0.312 e. The van der Waals surface area contributed by atoms with Crippen molar-refractivity contribution in [3.63, 3.8) is 0 Å². The van der Waals surface area contributed by atoms with Crippen LogP contribution in [0.5, 0.6) is 0 Å². The topological polar surface area (TPSA) is 29.9 Å². The molecular weight excluding hydrogens is 246 g/mol. The molecule has 114 valence electrons. The molecule has 0 bridgehead atoms. The Labute approximate surface area is 124 Å². The first-order valence-corrected chi connectivity index (χ1v) is 8.12. The van der Waals surface area contributed by atoms with Crippen LogP contribution in [-0.2, 0) is 13.5 Å². The van der Waals surface area contributed by atoms with Gasteiger partial charge in [-0.15, -0.1) is 0 Å². The zero-order chi connectivity index (χ0) is 14.6. The van der Waals surface area contributed by atoms with Crippen LogP contribution in [0.15, 0.2) is 12.3 Å². The average molecular weight is 277 g/mol. The summed E-state index contributed by atoms with van der Waals surface area (Å²) in [6, 6.07) is 2.16. The molecule has 0 aliphatic heterocycles. The summed E-state index contributed by atoms with van der Waals surface area (Å²) in [4.78, 5) is 0. The molecule has 3 heteroatoms. The molecule has 0 atom stereocenters. The van der Waals surface area contributed by atoms with E-state index < -0.39 is 0 Å². The van der Waals surface area contributed by atoms with Crippen LogP contribution in [-0.4, -0.2) is 21.9 Å². The minimum absolute atomic E-state index is 0.219. The molecule has 1 aliphatic carbocycles. The van der Waals surface area contributed by atoms with Crippen molar-refractivity contribution in [2.45, 2.75) is 71.3 Å². The van der Waals surface area contributed by atoms with E-state index in [1.54, 1.807) is 0 Å². The van der Waals surface area contributed by atoms with E-state index >= 15 is 0 Å². The molecule has 3 nitrogen and oxygen atoms in total. The van der Waals surface area contributed by atoms with E-state index in [0.717, 1.165) is 13.0 Å². The number of aromatic nitrogens is 2. The third-order valence-electron chi connectivity index (χ3n) is 4.74. The van der Waals surface area contributed by atoms with Crippen LogP contribution < -0.4 is 5.32 Å². The summed E-state index contributed by atoms with van der Waals surface area (Å²) in [6.07, 6.45) is 11.3. The highest BCUT2D eigenvalue weighted by molar-refractivity contribution is 5.02. The fourth-order valence-corrected chi connectivity index (χ4v) is 3.31. The lowest BCUT2D eigenvalue weighted by Crippen LogP contribution is -2.45. The fourth-order valence-electron chi connectivity index (χ4n) is 3.31. The molecule has 0 amide bonds. The Balaban J connectivity index is 1.97. The Bertz CT molecular complexity index is 408. The van der Waals surface area contributed by atoms with Crippen molar-refractivity contribution in [1.29, 1.82) is 0 Å². The van der Waals surface area contributed by atoms with Crippen molar-refractivity contribution in [2.24, 2.45) is 12.5 Å². The van der Waals surface area contributed by atoms with E-state index in [-0.39, 0.29) is 5.54 Å². The molecule has 2 rings (SSSR count). The largest absolute Gasteiger partial charge is 0.312 e. The maximum absolute atomic E-state index is 4.29. The molecule has 20 heavy (non-hydrogen) atoms. The Morgan fingerprint density at radius 3 is 2.50 bits per heavy atom.